The molecule has 6 heteroatoms. The number of rotatable bonds is 3. The maximum absolute atomic E-state index is 5.35. The van der Waals surface area contributed by atoms with Gasteiger partial charge < -0.3 is 20.9 Å². The Kier molecular flexibility index (Phi) is 5.57. The van der Waals surface area contributed by atoms with Gasteiger partial charge in [0.1, 0.15) is 0 Å². The summed E-state index contributed by atoms with van der Waals surface area (Å²) in [6, 6.07) is 0. The van der Waals surface area contributed by atoms with Crippen molar-refractivity contribution in [3.63, 3.8) is 0 Å². The van der Waals surface area contributed by atoms with Crippen LogP contribution in [0, 0.1) is 0 Å². The molecule has 0 aromatic rings. The molecule has 0 saturated carbocycles. The van der Waals surface area contributed by atoms with Gasteiger partial charge in [-0.25, -0.2) is 0 Å². The lowest BCUT2D eigenvalue weighted by molar-refractivity contribution is -0.144. The lowest BCUT2D eigenvalue weighted by Gasteiger charge is -2.20. The number of nitrogens with two attached hydrogens (primary N) is 2. The maximum atomic E-state index is 5.35. The van der Waals surface area contributed by atoms with Crippen molar-refractivity contribution in [3.05, 3.63) is 0 Å². The van der Waals surface area contributed by atoms with E-state index in [1.54, 1.807) is 0 Å². The molecule has 4 N–H and O–H groups in total. The summed E-state index contributed by atoms with van der Waals surface area (Å²) in [6.45, 7) is 3.73. The fraction of sp³-hybridized carbons (Fsp3) is 0.857. The second-order valence-corrected chi connectivity index (χ2v) is 2.89. The summed E-state index contributed by atoms with van der Waals surface area (Å²) in [5, 5.41) is 0. The van der Waals surface area contributed by atoms with Crippen LogP contribution in [-0.4, -0.2) is 31.5 Å². The van der Waals surface area contributed by atoms with Gasteiger partial charge in [0.05, 0.1) is 13.2 Å². The zero-order valence-corrected chi connectivity index (χ0v) is 9.99. The summed E-state index contributed by atoms with van der Waals surface area (Å²) in [5.41, 5.74) is 10.3. The molecule has 0 aromatic heterocycles. The quantitative estimate of drug-likeness (QED) is 0.438. The zero-order chi connectivity index (χ0) is 9.03. The molecule has 13 heavy (non-hydrogen) atoms. The minimum absolute atomic E-state index is 0. The van der Waals surface area contributed by atoms with Gasteiger partial charge in [0.15, 0.2) is 11.7 Å². The molecule has 0 spiro atoms. The monoisotopic (exact) mass is 301 g/mol. The molecule has 78 valence electrons. The second-order valence-electron chi connectivity index (χ2n) is 2.89. The molecule has 0 atom stereocenters. The van der Waals surface area contributed by atoms with Crippen LogP contribution in [0.5, 0.6) is 0 Å². The Morgan fingerprint density at radius 1 is 1.38 bits per heavy atom. The molecule has 1 heterocycles. The molecule has 1 rings (SSSR count). The van der Waals surface area contributed by atoms with E-state index in [4.69, 9.17) is 20.9 Å². The first-order valence-electron chi connectivity index (χ1n) is 3.96. The molecule has 0 aliphatic carbocycles. The van der Waals surface area contributed by atoms with Gasteiger partial charge in [-0.2, -0.15) is 0 Å². The SMILES string of the molecule is CC1(CCN=C(N)N)OCCO1.I. The van der Waals surface area contributed by atoms with Crippen LogP contribution in [0.4, 0.5) is 0 Å². The predicted octanol–water partition coefficient (Wildman–Crippen LogP) is 0.0309. The lowest BCUT2D eigenvalue weighted by Crippen LogP contribution is -2.28. The van der Waals surface area contributed by atoms with Gasteiger partial charge >= 0.3 is 0 Å². The van der Waals surface area contributed by atoms with Gasteiger partial charge in [-0.1, -0.05) is 0 Å². The highest BCUT2D eigenvalue weighted by Gasteiger charge is 2.29. The van der Waals surface area contributed by atoms with E-state index in [0.717, 1.165) is 0 Å². The smallest absolute Gasteiger partial charge is 0.185 e. The lowest BCUT2D eigenvalue weighted by atomic mass is 10.2. The van der Waals surface area contributed by atoms with E-state index < -0.39 is 5.79 Å². The van der Waals surface area contributed by atoms with Crippen LogP contribution in [0.2, 0.25) is 0 Å². The van der Waals surface area contributed by atoms with Crippen LogP contribution in [-0.2, 0) is 9.47 Å². The van der Waals surface area contributed by atoms with Crippen LogP contribution >= 0.6 is 24.0 Å². The molecule has 1 aliphatic heterocycles. The van der Waals surface area contributed by atoms with Crippen LogP contribution < -0.4 is 11.5 Å². The summed E-state index contributed by atoms with van der Waals surface area (Å²) >= 11 is 0. The van der Waals surface area contributed by atoms with Crippen molar-refractivity contribution in [1.29, 1.82) is 0 Å². The number of ether oxygens (including phenoxy) is 2. The normalized spacial score (nSPS) is 19.2. The maximum Gasteiger partial charge on any atom is 0.185 e. The number of halogens is 1. The Morgan fingerprint density at radius 2 is 1.92 bits per heavy atom. The number of guanidine groups is 1. The zero-order valence-electron chi connectivity index (χ0n) is 7.66. The highest BCUT2D eigenvalue weighted by molar-refractivity contribution is 14.0. The van der Waals surface area contributed by atoms with Crippen molar-refractivity contribution in [1.82, 2.24) is 0 Å². The van der Waals surface area contributed by atoms with E-state index in [1.165, 1.54) is 0 Å². The van der Waals surface area contributed by atoms with Gasteiger partial charge in [0.25, 0.3) is 0 Å². The highest BCUT2D eigenvalue weighted by atomic mass is 127. The summed E-state index contributed by atoms with van der Waals surface area (Å²) in [6.07, 6.45) is 0.685. The number of nitrogens with zero attached hydrogens (tertiary/aromatic N) is 1. The van der Waals surface area contributed by atoms with E-state index in [0.29, 0.717) is 26.2 Å². The van der Waals surface area contributed by atoms with E-state index in [9.17, 15) is 0 Å². The van der Waals surface area contributed by atoms with Gasteiger partial charge in [0, 0.05) is 13.0 Å². The fourth-order valence-corrected chi connectivity index (χ4v) is 1.09. The summed E-state index contributed by atoms with van der Waals surface area (Å²) < 4.78 is 10.7. The molecule has 0 radical (unpaired) electrons. The molecule has 1 fully saturated rings. The van der Waals surface area contributed by atoms with Crippen LogP contribution in [0.3, 0.4) is 0 Å². The topological polar surface area (TPSA) is 82.9 Å². The Labute approximate surface area is 94.9 Å². The van der Waals surface area contributed by atoms with E-state index in [1.807, 2.05) is 6.92 Å². The third-order valence-corrected chi connectivity index (χ3v) is 1.76. The fourth-order valence-electron chi connectivity index (χ4n) is 1.09. The largest absolute Gasteiger partial charge is 0.370 e. The molecule has 0 unspecified atom stereocenters. The third kappa shape index (κ3) is 4.63. The van der Waals surface area contributed by atoms with Crippen molar-refractivity contribution in [3.8, 4) is 0 Å². The van der Waals surface area contributed by atoms with Gasteiger partial charge in [-0.05, 0) is 6.92 Å². The van der Waals surface area contributed by atoms with Crippen molar-refractivity contribution in [2.24, 2.45) is 16.5 Å². The molecule has 0 amide bonds. The Balaban J connectivity index is 0.00000144. The average molecular weight is 301 g/mol. The summed E-state index contributed by atoms with van der Waals surface area (Å²) in [5.74, 6) is -0.379. The molecular formula is C7H16IN3O2. The van der Waals surface area contributed by atoms with Crippen molar-refractivity contribution >= 4 is 29.9 Å². The van der Waals surface area contributed by atoms with Crippen LogP contribution in [0.25, 0.3) is 0 Å². The Morgan fingerprint density at radius 3 is 2.38 bits per heavy atom. The molecule has 1 saturated heterocycles. The third-order valence-electron chi connectivity index (χ3n) is 1.76. The van der Waals surface area contributed by atoms with Crippen molar-refractivity contribution in [2.45, 2.75) is 19.1 Å². The number of aliphatic imine (C=N–C) groups is 1. The van der Waals surface area contributed by atoms with E-state index in [2.05, 4.69) is 4.99 Å². The van der Waals surface area contributed by atoms with Gasteiger partial charge in [-0.3, -0.25) is 4.99 Å². The average Bonchev–Trinajstić information content (AvgIpc) is 2.35. The minimum atomic E-state index is -0.487. The van der Waals surface area contributed by atoms with Gasteiger partial charge in [-0.15, -0.1) is 24.0 Å². The second kappa shape index (κ2) is 5.61. The predicted molar refractivity (Wildman–Crippen MR) is 61.0 cm³/mol. The number of hydrogen-bond donors (Lipinski definition) is 2. The van der Waals surface area contributed by atoms with Crippen LogP contribution in [0.1, 0.15) is 13.3 Å². The summed E-state index contributed by atoms with van der Waals surface area (Å²) in [4.78, 5) is 3.85. The van der Waals surface area contributed by atoms with E-state index >= 15 is 0 Å². The first-order chi connectivity index (χ1) is 5.62. The van der Waals surface area contributed by atoms with Gasteiger partial charge in [0.2, 0.25) is 0 Å². The summed E-state index contributed by atoms with van der Waals surface area (Å²) in [7, 11) is 0. The first-order valence-corrected chi connectivity index (χ1v) is 3.96. The van der Waals surface area contributed by atoms with Crippen LogP contribution in [0.15, 0.2) is 4.99 Å². The number of hydrogen-bond acceptors (Lipinski definition) is 3. The molecular weight excluding hydrogens is 285 g/mol. The Hall–Kier alpha value is -0.0800. The minimum Gasteiger partial charge on any atom is -0.370 e. The Bertz CT molecular complexity index is 177. The molecule has 1 aliphatic rings. The van der Waals surface area contributed by atoms with Crippen molar-refractivity contribution in [2.75, 3.05) is 19.8 Å². The molecule has 0 aromatic carbocycles. The van der Waals surface area contributed by atoms with E-state index in [-0.39, 0.29) is 29.9 Å². The standard InChI is InChI=1S/C7H15N3O2.HI/c1-7(11-4-5-12-7)2-3-10-6(8)9;/h2-5H2,1H3,(H4,8,9,10);1H. The molecule has 0 bridgehead atoms. The van der Waals surface area contributed by atoms with Crippen molar-refractivity contribution < 1.29 is 9.47 Å². The highest BCUT2D eigenvalue weighted by Crippen LogP contribution is 2.21. The first kappa shape index (κ1) is 12.9. The molecule has 5 nitrogen and oxygen atoms in total.